The lowest BCUT2D eigenvalue weighted by molar-refractivity contribution is -0.141. The number of anilines is 2. The van der Waals surface area contributed by atoms with Crippen molar-refractivity contribution < 1.29 is 32.2 Å². The van der Waals surface area contributed by atoms with E-state index in [1.807, 2.05) is 19.0 Å². The van der Waals surface area contributed by atoms with Crippen LogP contribution in [0.25, 0.3) is 10.9 Å². The van der Waals surface area contributed by atoms with E-state index in [4.69, 9.17) is 4.74 Å². The molecule has 7 nitrogen and oxygen atoms in total. The predicted molar refractivity (Wildman–Crippen MR) is 151 cm³/mol. The molecule has 3 aromatic rings. The van der Waals surface area contributed by atoms with Gasteiger partial charge >= 0.3 is 5.97 Å². The fourth-order valence-electron chi connectivity index (χ4n) is 5.67. The Bertz CT molecular complexity index is 1360. The second-order valence-corrected chi connectivity index (χ2v) is 10.9. The number of hydrogen-bond donors (Lipinski definition) is 2. The van der Waals surface area contributed by atoms with Gasteiger partial charge in [0, 0.05) is 56.0 Å². The summed E-state index contributed by atoms with van der Waals surface area (Å²) < 4.78 is 61.6. The number of benzene rings is 2. The van der Waals surface area contributed by atoms with Crippen molar-refractivity contribution in [1.29, 1.82) is 0 Å². The van der Waals surface area contributed by atoms with E-state index in [0.717, 1.165) is 12.1 Å². The molecule has 2 heterocycles. The van der Waals surface area contributed by atoms with Gasteiger partial charge in [0.05, 0.1) is 30.9 Å². The van der Waals surface area contributed by atoms with Crippen LogP contribution in [0.3, 0.4) is 0 Å². The maximum atomic E-state index is 16.1. The lowest BCUT2D eigenvalue weighted by Crippen LogP contribution is -2.43. The van der Waals surface area contributed by atoms with Crippen LogP contribution in [0, 0.1) is 22.9 Å². The zero-order valence-corrected chi connectivity index (χ0v) is 23.5. The topological polar surface area (TPSA) is 77.9 Å². The summed E-state index contributed by atoms with van der Waals surface area (Å²) in [6.07, 6.45) is 1.99. The first-order chi connectivity index (χ1) is 19.5. The molecule has 0 aliphatic carbocycles. The summed E-state index contributed by atoms with van der Waals surface area (Å²) in [6.45, 7) is 2.13. The molecule has 0 bridgehead atoms. The molecule has 0 saturated carbocycles. The number of carboxylic acid groups (broad SMARTS) is 1. The first-order valence-corrected chi connectivity index (χ1v) is 13.6. The monoisotopic (exact) mass is 576 g/mol. The Morgan fingerprint density at radius 2 is 1.85 bits per heavy atom. The average Bonchev–Trinajstić information content (AvgIpc) is 2.94. The number of pyridine rings is 1. The molecule has 2 aromatic carbocycles. The molecule has 222 valence electrons. The Morgan fingerprint density at radius 3 is 2.46 bits per heavy atom. The third kappa shape index (κ3) is 7.19. The van der Waals surface area contributed by atoms with Gasteiger partial charge in [-0.25, -0.2) is 17.6 Å². The molecular weight excluding hydrogens is 540 g/mol. The van der Waals surface area contributed by atoms with Gasteiger partial charge in [-0.2, -0.15) is 0 Å². The largest absolute Gasteiger partial charge is 0.497 e. The number of aliphatic carboxylic acids is 1. The van der Waals surface area contributed by atoms with E-state index in [1.54, 1.807) is 31.5 Å². The smallest absolute Gasteiger partial charge is 0.303 e. The number of aromatic nitrogens is 1. The van der Waals surface area contributed by atoms with Gasteiger partial charge in [0.15, 0.2) is 17.5 Å². The molecular formula is C30H36F4N4O3. The molecule has 1 aliphatic rings. The highest BCUT2D eigenvalue weighted by atomic mass is 19.2. The number of alkyl halides is 1. The number of piperidine rings is 1. The molecule has 1 atom stereocenters. The standard InChI is InChI=1S/C30H36F4N4O3/c1-37(2)26-18-36-25-5-4-20(41-3)16-21(25)28(26)22(31)6-7-30(17-27(39)40)8-11-38(12-9-30)13-10-35-19-14-23(32)29(34)24(33)15-19/h4-5,14-16,18,22,35H,6-13,17H2,1-3H3,(H,39,40)/t22-/m0/s1. The van der Waals surface area contributed by atoms with E-state index in [9.17, 15) is 23.1 Å². The molecule has 1 fully saturated rings. The zero-order chi connectivity index (χ0) is 29.7. The minimum Gasteiger partial charge on any atom is -0.497 e. The van der Waals surface area contributed by atoms with Crippen LogP contribution in [0.2, 0.25) is 0 Å². The predicted octanol–water partition coefficient (Wildman–Crippen LogP) is 6.19. The minimum atomic E-state index is -1.51. The third-order valence-corrected chi connectivity index (χ3v) is 8.00. The maximum Gasteiger partial charge on any atom is 0.303 e. The molecule has 11 heteroatoms. The van der Waals surface area contributed by atoms with Gasteiger partial charge < -0.3 is 25.0 Å². The molecule has 0 spiro atoms. The molecule has 0 amide bonds. The lowest BCUT2D eigenvalue weighted by atomic mass is 9.71. The van der Waals surface area contributed by atoms with E-state index in [-0.39, 0.29) is 18.5 Å². The van der Waals surface area contributed by atoms with Crippen molar-refractivity contribution in [2.45, 2.75) is 38.3 Å². The lowest BCUT2D eigenvalue weighted by Gasteiger charge is -2.41. The van der Waals surface area contributed by atoms with Crippen LogP contribution in [0.5, 0.6) is 5.75 Å². The number of halogens is 4. The molecule has 1 saturated heterocycles. The SMILES string of the molecule is COc1ccc2ncc(N(C)C)c([C@@H](F)CCC3(CC(=O)O)CCN(CCNc4cc(F)c(F)c(F)c4)CC3)c2c1. The van der Waals surface area contributed by atoms with E-state index in [2.05, 4.69) is 15.2 Å². The highest BCUT2D eigenvalue weighted by molar-refractivity contribution is 5.88. The van der Waals surface area contributed by atoms with Crippen LogP contribution >= 0.6 is 0 Å². The fourth-order valence-corrected chi connectivity index (χ4v) is 5.67. The molecule has 0 radical (unpaired) electrons. The van der Waals surface area contributed by atoms with Gasteiger partial charge in [-0.1, -0.05) is 0 Å². The van der Waals surface area contributed by atoms with Gasteiger partial charge in [0.25, 0.3) is 0 Å². The second-order valence-electron chi connectivity index (χ2n) is 10.9. The van der Waals surface area contributed by atoms with Crippen molar-refractivity contribution in [3.63, 3.8) is 0 Å². The number of carboxylic acids is 1. The second kappa shape index (κ2) is 12.9. The summed E-state index contributed by atoms with van der Waals surface area (Å²) in [6, 6.07) is 7.17. The van der Waals surface area contributed by atoms with Crippen molar-refractivity contribution >= 4 is 28.2 Å². The summed E-state index contributed by atoms with van der Waals surface area (Å²) in [4.78, 5) is 20.3. The quantitative estimate of drug-likeness (QED) is 0.197. The Kier molecular flexibility index (Phi) is 9.57. The van der Waals surface area contributed by atoms with Gasteiger partial charge in [-0.05, 0) is 62.4 Å². The molecule has 41 heavy (non-hydrogen) atoms. The summed E-state index contributed by atoms with van der Waals surface area (Å²) in [5.74, 6) is -4.34. The number of ether oxygens (including phenoxy) is 1. The molecule has 1 aromatic heterocycles. The van der Waals surface area contributed by atoms with Crippen molar-refractivity contribution in [3.05, 3.63) is 59.5 Å². The van der Waals surface area contributed by atoms with Crippen LogP contribution in [-0.2, 0) is 4.79 Å². The zero-order valence-electron chi connectivity index (χ0n) is 23.5. The number of likely N-dealkylation sites (tertiary alicyclic amines) is 1. The number of methoxy groups -OCH3 is 1. The number of hydrogen-bond acceptors (Lipinski definition) is 6. The Labute approximate surface area is 237 Å². The van der Waals surface area contributed by atoms with E-state index < -0.39 is 35.0 Å². The Morgan fingerprint density at radius 1 is 1.17 bits per heavy atom. The third-order valence-electron chi connectivity index (χ3n) is 8.00. The molecule has 2 N–H and O–H groups in total. The van der Waals surface area contributed by atoms with E-state index in [1.165, 1.54) is 0 Å². The highest BCUT2D eigenvalue weighted by Gasteiger charge is 2.37. The van der Waals surface area contributed by atoms with Crippen LogP contribution in [0.15, 0.2) is 36.5 Å². The normalized spacial score (nSPS) is 16.0. The van der Waals surface area contributed by atoms with Crippen LogP contribution in [0.4, 0.5) is 28.9 Å². The van der Waals surface area contributed by atoms with Crippen LogP contribution in [0.1, 0.15) is 43.8 Å². The number of nitrogens with zero attached hydrogens (tertiary/aromatic N) is 3. The molecule has 0 unspecified atom stereocenters. The Balaban J connectivity index is 1.42. The van der Waals surface area contributed by atoms with E-state index in [0.29, 0.717) is 73.3 Å². The van der Waals surface area contributed by atoms with E-state index >= 15 is 4.39 Å². The van der Waals surface area contributed by atoms with Gasteiger partial charge in [0.2, 0.25) is 0 Å². The van der Waals surface area contributed by atoms with Crippen LogP contribution < -0.4 is 15.0 Å². The van der Waals surface area contributed by atoms with Crippen molar-refractivity contribution in [1.82, 2.24) is 9.88 Å². The van der Waals surface area contributed by atoms with Crippen molar-refractivity contribution in [3.8, 4) is 5.75 Å². The first-order valence-electron chi connectivity index (χ1n) is 13.6. The summed E-state index contributed by atoms with van der Waals surface area (Å²) in [7, 11) is 5.22. The number of nitrogens with one attached hydrogen (secondary N) is 1. The summed E-state index contributed by atoms with van der Waals surface area (Å²) >= 11 is 0. The number of carbonyl (C=O) groups is 1. The molecule has 4 rings (SSSR count). The Hall–Kier alpha value is -3.60. The van der Waals surface area contributed by atoms with Crippen LogP contribution in [-0.4, -0.2) is 68.3 Å². The highest BCUT2D eigenvalue weighted by Crippen LogP contribution is 2.44. The average molecular weight is 577 g/mol. The number of fused-ring (bicyclic) bond motifs is 1. The first kappa shape index (κ1) is 30.4. The van der Waals surface area contributed by atoms with Crippen molar-refractivity contribution in [2.24, 2.45) is 5.41 Å². The van der Waals surface area contributed by atoms with Gasteiger partial charge in [0.1, 0.15) is 11.9 Å². The molecule has 1 aliphatic heterocycles. The van der Waals surface area contributed by atoms with Gasteiger partial charge in [-0.3, -0.25) is 9.78 Å². The summed E-state index contributed by atoms with van der Waals surface area (Å²) in [5.41, 5.74) is 1.42. The number of rotatable bonds is 12. The minimum absolute atomic E-state index is 0.0502. The van der Waals surface area contributed by atoms with Crippen molar-refractivity contribution in [2.75, 3.05) is 57.6 Å². The van der Waals surface area contributed by atoms with Gasteiger partial charge in [-0.15, -0.1) is 0 Å². The summed E-state index contributed by atoms with van der Waals surface area (Å²) in [5, 5.41) is 13.3. The fraction of sp³-hybridized carbons (Fsp3) is 0.467. The maximum absolute atomic E-state index is 16.1.